The topological polar surface area (TPSA) is 49.3 Å². The molecule has 1 aliphatic heterocycles. The average molecular weight is 388 g/mol. The molecule has 3 aliphatic rings. The number of para-hydroxylation sites is 1. The normalized spacial score (nSPS) is 31.2. The molecule has 2 aliphatic carbocycles. The number of halogens is 2. The molecule has 2 N–H and O–H groups in total. The smallest absolute Gasteiger partial charge is 0.337 e. The Balaban J connectivity index is 1.72. The summed E-state index contributed by atoms with van der Waals surface area (Å²) in [7, 11) is 0. The van der Waals surface area contributed by atoms with Crippen molar-refractivity contribution in [2.75, 3.05) is 5.32 Å². The molecule has 2 bridgehead atoms. The lowest BCUT2D eigenvalue weighted by molar-refractivity contribution is 0.0697. The van der Waals surface area contributed by atoms with Crippen LogP contribution in [0.1, 0.15) is 52.7 Å². The van der Waals surface area contributed by atoms with E-state index in [1.165, 1.54) is 19.3 Å². The monoisotopic (exact) mass is 387 g/mol. The molecule has 26 heavy (non-hydrogen) atoms. The molecular formula is C21H19Cl2NO2. The Morgan fingerprint density at radius 2 is 1.73 bits per heavy atom. The van der Waals surface area contributed by atoms with Crippen LogP contribution in [0.2, 0.25) is 10.0 Å². The number of carboxylic acid groups (broad SMARTS) is 1. The first-order valence-corrected chi connectivity index (χ1v) is 9.88. The molecule has 5 atom stereocenters. The molecule has 1 heterocycles. The van der Waals surface area contributed by atoms with Gasteiger partial charge < -0.3 is 10.4 Å². The largest absolute Gasteiger partial charge is 0.478 e. The summed E-state index contributed by atoms with van der Waals surface area (Å²) in [5.41, 5.74) is 3.14. The molecule has 3 nitrogen and oxygen atoms in total. The van der Waals surface area contributed by atoms with E-state index in [2.05, 4.69) is 11.4 Å². The average Bonchev–Trinajstić information content (AvgIpc) is 3.23. The molecule has 2 saturated carbocycles. The van der Waals surface area contributed by atoms with Crippen molar-refractivity contribution in [1.29, 1.82) is 0 Å². The number of hydrogen-bond donors (Lipinski definition) is 2. The third-order valence-electron chi connectivity index (χ3n) is 6.66. The molecule has 2 aromatic rings. The maximum Gasteiger partial charge on any atom is 0.337 e. The number of benzene rings is 2. The lowest BCUT2D eigenvalue weighted by Crippen LogP contribution is -2.36. The number of fused-ring (bicyclic) bond motifs is 7. The van der Waals surface area contributed by atoms with Gasteiger partial charge in [0.1, 0.15) is 0 Å². The Labute approximate surface area is 162 Å². The Kier molecular flexibility index (Phi) is 3.74. The first-order chi connectivity index (χ1) is 12.6. The van der Waals surface area contributed by atoms with Crippen LogP contribution in [0.5, 0.6) is 0 Å². The summed E-state index contributed by atoms with van der Waals surface area (Å²) in [4.78, 5) is 11.8. The van der Waals surface area contributed by atoms with Crippen molar-refractivity contribution in [3.63, 3.8) is 0 Å². The summed E-state index contributed by atoms with van der Waals surface area (Å²) >= 11 is 13.1. The summed E-state index contributed by atoms with van der Waals surface area (Å²) < 4.78 is 0. The second-order valence-corrected chi connectivity index (χ2v) is 8.58. The van der Waals surface area contributed by atoms with E-state index in [9.17, 15) is 9.90 Å². The van der Waals surface area contributed by atoms with Gasteiger partial charge in [-0.05, 0) is 66.7 Å². The molecule has 0 unspecified atom stereocenters. The molecule has 2 aromatic carbocycles. The van der Waals surface area contributed by atoms with Gasteiger partial charge in [-0.25, -0.2) is 4.79 Å². The number of rotatable bonds is 2. The molecule has 0 saturated heterocycles. The molecule has 0 aromatic heterocycles. The number of carboxylic acids is 1. The van der Waals surface area contributed by atoms with Crippen LogP contribution in [0.3, 0.4) is 0 Å². The zero-order valence-electron chi connectivity index (χ0n) is 14.1. The first-order valence-electron chi connectivity index (χ1n) is 9.13. The maximum absolute atomic E-state index is 11.8. The maximum atomic E-state index is 11.8. The molecule has 5 heteroatoms. The third-order valence-corrected chi connectivity index (χ3v) is 7.32. The number of aromatic carboxylic acids is 1. The Morgan fingerprint density at radius 3 is 2.46 bits per heavy atom. The summed E-state index contributed by atoms with van der Waals surface area (Å²) in [5.74, 6) is 1.14. The van der Waals surface area contributed by atoms with Gasteiger partial charge in [0, 0.05) is 15.6 Å². The number of anilines is 1. The van der Waals surface area contributed by atoms with Crippen LogP contribution in [0, 0.1) is 17.8 Å². The highest BCUT2D eigenvalue weighted by molar-refractivity contribution is 6.36. The number of hydrogen-bond acceptors (Lipinski definition) is 2. The highest BCUT2D eigenvalue weighted by Crippen LogP contribution is 2.64. The van der Waals surface area contributed by atoms with Crippen LogP contribution < -0.4 is 5.32 Å². The van der Waals surface area contributed by atoms with Crippen molar-refractivity contribution in [1.82, 2.24) is 0 Å². The zero-order valence-corrected chi connectivity index (χ0v) is 15.6. The SMILES string of the molecule is O=C(O)c1cccc2c1N[C@H](c1c(Cl)cccc1Cl)[C@@H]1[C@H]3CC[C@@H](C3)[C@H]21. The third kappa shape index (κ3) is 2.23. The van der Waals surface area contributed by atoms with Gasteiger partial charge in [0.2, 0.25) is 0 Å². The van der Waals surface area contributed by atoms with Gasteiger partial charge in [0.05, 0.1) is 17.3 Å². The lowest BCUT2D eigenvalue weighted by atomic mass is 9.67. The predicted molar refractivity (Wildman–Crippen MR) is 103 cm³/mol. The Morgan fingerprint density at radius 1 is 1.04 bits per heavy atom. The fourth-order valence-corrected chi connectivity index (χ4v) is 6.42. The highest BCUT2D eigenvalue weighted by atomic mass is 35.5. The predicted octanol–water partition coefficient (Wildman–Crippen LogP) is 5.99. The fourth-order valence-electron chi connectivity index (χ4n) is 5.79. The van der Waals surface area contributed by atoms with Crippen LogP contribution >= 0.6 is 23.2 Å². The van der Waals surface area contributed by atoms with E-state index < -0.39 is 5.97 Å². The van der Waals surface area contributed by atoms with Gasteiger partial charge in [0.25, 0.3) is 0 Å². The van der Waals surface area contributed by atoms with E-state index >= 15 is 0 Å². The standard InChI is InChI=1S/C21H19Cl2NO2/c22-14-5-2-6-15(23)18(14)20-17-11-8-7-10(9-11)16(17)12-3-1-4-13(21(25)26)19(12)24-20/h1-6,10-11,16-17,20,24H,7-9H2,(H,25,26)/t10-,11-,16+,17+,20-/m0/s1. The van der Waals surface area contributed by atoms with E-state index in [0.717, 1.165) is 16.8 Å². The minimum atomic E-state index is -0.903. The minimum absolute atomic E-state index is 0.0514. The van der Waals surface area contributed by atoms with Crippen molar-refractivity contribution >= 4 is 34.9 Å². The minimum Gasteiger partial charge on any atom is -0.478 e. The van der Waals surface area contributed by atoms with Crippen LogP contribution in [0.25, 0.3) is 0 Å². The lowest BCUT2D eigenvalue weighted by Gasteiger charge is -2.44. The second kappa shape index (κ2) is 5.90. The second-order valence-electron chi connectivity index (χ2n) is 7.77. The van der Waals surface area contributed by atoms with Gasteiger partial charge in [-0.3, -0.25) is 0 Å². The first kappa shape index (κ1) is 16.5. The van der Waals surface area contributed by atoms with Crippen molar-refractivity contribution in [2.45, 2.75) is 31.2 Å². The van der Waals surface area contributed by atoms with Crippen molar-refractivity contribution in [3.8, 4) is 0 Å². The Bertz CT molecular complexity index is 893. The van der Waals surface area contributed by atoms with Gasteiger partial charge in [0.15, 0.2) is 0 Å². The summed E-state index contributed by atoms with van der Waals surface area (Å²) in [6, 6.07) is 11.2. The van der Waals surface area contributed by atoms with Crippen molar-refractivity contribution in [2.24, 2.45) is 17.8 Å². The van der Waals surface area contributed by atoms with Crippen LogP contribution in [-0.2, 0) is 0 Å². The van der Waals surface area contributed by atoms with Crippen LogP contribution in [-0.4, -0.2) is 11.1 Å². The van der Waals surface area contributed by atoms with Crippen LogP contribution in [0.15, 0.2) is 36.4 Å². The van der Waals surface area contributed by atoms with Crippen molar-refractivity contribution < 1.29 is 9.90 Å². The van der Waals surface area contributed by atoms with Gasteiger partial charge in [-0.1, -0.05) is 41.4 Å². The van der Waals surface area contributed by atoms with E-state index in [4.69, 9.17) is 23.2 Å². The van der Waals surface area contributed by atoms with Gasteiger partial charge >= 0.3 is 5.97 Å². The summed E-state index contributed by atoms with van der Waals surface area (Å²) in [6.45, 7) is 0. The van der Waals surface area contributed by atoms with Crippen molar-refractivity contribution in [3.05, 3.63) is 63.1 Å². The van der Waals surface area contributed by atoms with E-state index in [1.54, 1.807) is 6.07 Å². The fraction of sp³-hybridized carbons (Fsp3) is 0.381. The van der Waals surface area contributed by atoms with Gasteiger partial charge in [-0.2, -0.15) is 0 Å². The zero-order chi connectivity index (χ0) is 18.0. The molecule has 0 spiro atoms. The molecule has 2 fully saturated rings. The molecule has 0 amide bonds. The van der Waals surface area contributed by atoms with E-state index in [-0.39, 0.29) is 6.04 Å². The van der Waals surface area contributed by atoms with E-state index in [1.807, 2.05) is 24.3 Å². The van der Waals surface area contributed by atoms with Gasteiger partial charge in [-0.15, -0.1) is 0 Å². The summed E-state index contributed by atoms with van der Waals surface area (Å²) in [6.07, 6.45) is 3.68. The number of nitrogens with one attached hydrogen (secondary N) is 1. The Hall–Kier alpha value is -1.71. The quantitative estimate of drug-likeness (QED) is 0.665. The molecule has 134 valence electrons. The summed E-state index contributed by atoms with van der Waals surface area (Å²) in [5, 5.41) is 14.5. The van der Waals surface area contributed by atoms with Crippen LogP contribution in [0.4, 0.5) is 5.69 Å². The molecule has 5 rings (SSSR count). The van der Waals surface area contributed by atoms with E-state index in [0.29, 0.717) is 39.3 Å². The number of carbonyl (C=O) groups is 1. The molecule has 0 radical (unpaired) electrons. The molecular weight excluding hydrogens is 369 g/mol. The highest BCUT2D eigenvalue weighted by Gasteiger charge is 2.54.